The van der Waals surface area contributed by atoms with Gasteiger partial charge in [-0.05, 0) is 35.5 Å². The van der Waals surface area contributed by atoms with Crippen LogP contribution < -0.4 is 5.32 Å². The number of thiophene rings is 1. The van der Waals surface area contributed by atoms with Crippen LogP contribution in [0.2, 0.25) is 5.02 Å². The van der Waals surface area contributed by atoms with Gasteiger partial charge in [0, 0.05) is 23.4 Å². The smallest absolute Gasteiger partial charge is 0.0887 e. The second kappa shape index (κ2) is 5.15. The Labute approximate surface area is 107 Å². The van der Waals surface area contributed by atoms with Gasteiger partial charge in [0.15, 0.2) is 0 Å². The number of ether oxygens (including phenoxy) is 1. The van der Waals surface area contributed by atoms with E-state index in [2.05, 4.69) is 21.2 Å². The predicted molar refractivity (Wildman–Crippen MR) is 67.8 cm³/mol. The second-order valence-corrected chi connectivity index (χ2v) is 6.47. The van der Waals surface area contributed by atoms with Crippen LogP contribution >= 0.6 is 38.9 Å². The van der Waals surface area contributed by atoms with E-state index in [1.54, 1.807) is 11.3 Å². The van der Waals surface area contributed by atoms with Crippen LogP contribution in [-0.4, -0.2) is 20.3 Å². The third-order valence-electron chi connectivity index (χ3n) is 2.72. The predicted octanol–water partition coefficient (Wildman–Crippen LogP) is 3.46. The summed E-state index contributed by atoms with van der Waals surface area (Å²) in [5, 5.41) is 4.15. The third-order valence-corrected chi connectivity index (χ3v) is 5.28. The molecule has 2 nitrogen and oxygen atoms in total. The zero-order valence-electron chi connectivity index (χ0n) is 8.43. The van der Waals surface area contributed by atoms with E-state index in [1.165, 1.54) is 4.88 Å². The van der Waals surface area contributed by atoms with Crippen LogP contribution in [0.25, 0.3) is 0 Å². The minimum Gasteiger partial charge on any atom is -0.381 e. The Balaban J connectivity index is 2.18. The van der Waals surface area contributed by atoms with E-state index in [0.29, 0.717) is 12.0 Å². The van der Waals surface area contributed by atoms with E-state index in [1.807, 2.05) is 13.1 Å². The monoisotopic (exact) mass is 309 g/mol. The minimum absolute atomic E-state index is 0.362. The van der Waals surface area contributed by atoms with Gasteiger partial charge in [0.05, 0.1) is 15.4 Å². The second-order valence-electron chi connectivity index (χ2n) is 3.66. The maximum absolute atomic E-state index is 6.04. The first-order chi connectivity index (χ1) is 7.22. The van der Waals surface area contributed by atoms with Gasteiger partial charge in [-0.3, -0.25) is 0 Å². The third kappa shape index (κ3) is 2.56. The van der Waals surface area contributed by atoms with Gasteiger partial charge >= 0.3 is 0 Å². The van der Waals surface area contributed by atoms with E-state index >= 15 is 0 Å². The van der Waals surface area contributed by atoms with Crippen molar-refractivity contribution < 1.29 is 4.74 Å². The van der Waals surface area contributed by atoms with Crippen LogP contribution in [0.1, 0.15) is 17.3 Å². The van der Waals surface area contributed by atoms with Gasteiger partial charge in [-0.1, -0.05) is 11.6 Å². The Kier molecular flexibility index (Phi) is 4.07. The van der Waals surface area contributed by atoms with E-state index in [-0.39, 0.29) is 0 Å². The minimum atomic E-state index is 0.362. The van der Waals surface area contributed by atoms with Gasteiger partial charge < -0.3 is 10.1 Å². The highest BCUT2D eigenvalue weighted by atomic mass is 79.9. The molecule has 0 saturated carbocycles. The van der Waals surface area contributed by atoms with Crippen molar-refractivity contribution in [1.29, 1.82) is 0 Å². The Morgan fingerprint density at radius 1 is 1.73 bits per heavy atom. The lowest BCUT2D eigenvalue weighted by Crippen LogP contribution is -2.24. The van der Waals surface area contributed by atoms with Crippen LogP contribution in [0.5, 0.6) is 0 Å². The van der Waals surface area contributed by atoms with Crippen molar-refractivity contribution in [2.24, 2.45) is 5.92 Å². The molecule has 1 aliphatic rings. The molecule has 1 aromatic rings. The van der Waals surface area contributed by atoms with Crippen molar-refractivity contribution in [1.82, 2.24) is 5.32 Å². The van der Waals surface area contributed by atoms with Crippen LogP contribution in [0.15, 0.2) is 9.85 Å². The van der Waals surface area contributed by atoms with Gasteiger partial charge in [0.2, 0.25) is 0 Å². The molecule has 2 rings (SSSR count). The van der Waals surface area contributed by atoms with Gasteiger partial charge in [-0.2, -0.15) is 0 Å². The highest BCUT2D eigenvalue weighted by Gasteiger charge is 2.27. The molecule has 2 atom stereocenters. The lowest BCUT2D eigenvalue weighted by molar-refractivity contribution is 0.178. The summed E-state index contributed by atoms with van der Waals surface area (Å²) in [7, 11) is 1.99. The fourth-order valence-electron chi connectivity index (χ4n) is 1.94. The number of rotatable bonds is 3. The number of nitrogens with one attached hydrogen (secondary N) is 1. The largest absolute Gasteiger partial charge is 0.381 e. The molecule has 1 aromatic heterocycles. The number of halogens is 2. The summed E-state index contributed by atoms with van der Waals surface area (Å²) < 4.78 is 6.43. The first-order valence-corrected chi connectivity index (χ1v) is 6.91. The molecule has 0 radical (unpaired) electrons. The molecule has 2 unspecified atom stereocenters. The topological polar surface area (TPSA) is 21.3 Å². The first kappa shape index (κ1) is 11.9. The van der Waals surface area contributed by atoms with E-state index in [4.69, 9.17) is 16.3 Å². The summed E-state index contributed by atoms with van der Waals surface area (Å²) in [6.07, 6.45) is 1.12. The normalized spacial score (nSPS) is 23.3. The molecule has 1 fully saturated rings. The average molecular weight is 311 g/mol. The molecular formula is C10H13BrClNOS. The molecule has 5 heteroatoms. The van der Waals surface area contributed by atoms with Crippen molar-refractivity contribution in [3.05, 3.63) is 19.8 Å². The fraction of sp³-hybridized carbons (Fsp3) is 0.600. The molecule has 0 bridgehead atoms. The lowest BCUT2D eigenvalue weighted by atomic mass is 9.98. The van der Waals surface area contributed by atoms with E-state index in [9.17, 15) is 0 Å². The number of hydrogen-bond acceptors (Lipinski definition) is 3. The first-order valence-electron chi connectivity index (χ1n) is 4.92. The Morgan fingerprint density at radius 2 is 2.53 bits per heavy atom. The van der Waals surface area contributed by atoms with E-state index < -0.39 is 0 Å². The molecular weight excluding hydrogens is 298 g/mol. The van der Waals surface area contributed by atoms with Crippen molar-refractivity contribution >= 4 is 38.9 Å². The summed E-state index contributed by atoms with van der Waals surface area (Å²) in [4.78, 5) is 1.28. The summed E-state index contributed by atoms with van der Waals surface area (Å²) in [6, 6.07) is 2.40. The fourth-order valence-corrected chi connectivity index (χ4v) is 3.89. The molecule has 1 aliphatic heterocycles. The van der Waals surface area contributed by atoms with Crippen LogP contribution in [-0.2, 0) is 4.74 Å². The van der Waals surface area contributed by atoms with Crippen LogP contribution in [0, 0.1) is 5.92 Å². The van der Waals surface area contributed by atoms with Crippen LogP contribution in [0.4, 0.5) is 0 Å². The zero-order valence-corrected chi connectivity index (χ0v) is 11.6. The standard InChI is InChI=1S/C10H13BrClNOS/c1-13-9(6-2-3-14-5-6)8-4-7(12)10(11)15-8/h4,6,9,13H,2-3,5H2,1H3. The molecule has 2 heterocycles. The Hall–Kier alpha value is 0.390. The van der Waals surface area contributed by atoms with Gasteiger partial charge in [0.25, 0.3) is 0 Å². The van der Waals surface area contributed by atoms with Crippen molar-refractivity contribution in [3.8, 4) is 0 Å². The molecule has 1 saturated heterocycles. The molecule has 0 aliphatic carbocycles. The zero-order chi connectivity index (χ0) is 10.8. The maximum Gasteiger partial charge on any atom is 0.0887 e. The van der Waals surface area contributed by atoms with Crippen molar-refractivity contribution in [3.63, 3.8) is 0 Å². The summed E-state index contributed by atoms with van der Waals surface area (Å²) in [5.74, 6) is 0.566. The maximum atomic E-state index is 6.04. The Morgan fingerprint density at radius 3 is 3.00 bits per heavy atom. The quantitative estimate of drug-likeness (QED) is 0.923. The van der Waals surface area contributed by atoms with Crippen molar-refractivity contribution in [2.75, 3.05) is 20.3 Å². The average Bonchev–Trinajstić information content (AvgIpc) is 2.80. The van der Waals surface area contributed by atoms with Gasteiger partial charge in [0.1, 0.15) is 0 Å². The molecule has 0 aromatic carbocycles. The number of hydrogen-bond donors (Lipinski definition) is 1. The highest BCUT2D eigenvalue weighted by Crippen LogP contribution is 2.39. The van der Waals surface area contributed by atoms with Crippen molar-refractivity contribution in [2.45, 2.75) is 12.5 Å². The summed E-state index contributed by atoms with van der Waals surface area (Å²) >= 11 is 11.2. The van der Waals surface area contributed by atoms with Gasteiger partial charge in [-0.25, -0.2) is 0 Å². The molecule has 84 valence electrons. The lowest BCUT2D eigenvalue weighted by Gasteiger charge is -2.20. The summed E-state index contributed by atoms with van der Waals surface area (Å²) in [6.45, 7) is 1.72. The molecule has 1 N–H and O–H groups in total. The van der Waals surface area contributed by atoms with E-state index in [0.717, 1.165) is 28.4 Å². The van der Waals surface area contributed by atoms with Gasteiger partial charge in [-0.15, -0.1) is 11.3 Å². The highest BCUT2D eigenvalue weighted by molar-refractivity contribution is 9.11. The molecule has 15 heavy (non-hydrogen) atoms. The summed E-state index contributed by atoms with van der Waals surface area (Å²) in [5.41, 5.74) is 0. The molecule has 0 amide bonds. The molecule has 0 spiro atoms. The van der Waals surface area contributed by atoms with Crippen LogP contribution in [0.3, 0.4) is 0 Å². The SMILES string of the molecule is CNC(c1cc(Cl)c(Br)s1)C1CCOC1. The Bertz CT molecular complexity index is 319.